The summed E-state index contributed by atoms with van der Waals surface area (Å²) in [6.07, 6.45) is 11.8. The van der Waals surface area contributed by atoms with Crippen LogP contribution >= 0.6 is 0 Å². The summed E-state index contributed by atoms with van der Waals surface area (Å²) in [4.78, 5) is 24.1. The van der Waals surface area contributed by atoms with Crippen LogP contribution in [0.5, 0.6) is 0 Å². The molecule has 0 aromatic heterocycles. The molecule has 0 aromatic rings. The van der Waals surface area contributed by atoms with Gasteiger partial charge < -0.3 is 14.9 Å². The van der Waals surface area contributed by atoms with E-state index in [9.17, 15) is 19.8 Å². The van der Waals surface area contributed by atoms with E-state index in [0.717, 1.165) is 31.6 Å². The van der Waals surface area contributed by atoms with Crippen molar-refractivity contribution in [3.63, 3.8) is 0 Å². The number of carbonyl (C=O) groups is 2. The monoisotopic (exact) mass is 514 g/mol. The summed E-state index contributed by atoms with van der Waals surface area (Å²) < 4.78 is 5.78. The summed E-state index contributed by atoms with van der Waals surface area (Å²) in [5.74, 6) is 0.648. The van der Waals surface area contributed by atoms with E-state index >= 15 is 0 Å². The number of rotatable bonds is 4. The lowest BCUT2D eigenvalue weighted by atomic mass is 9.33. The number of fused-ring (bicyclic) bond motifs is 7. The lowest BCUT2D eigenvalue weighted by Gasteiger charge is -2.71. The van der Waals surface area contributed by atoms with Crippen molar-refractivity contribution in [1.82, 2.24) is 0 Å². The Kier molecular flexibility index (Phi) is 6.30. The molecule has 11 atom stereocenters. The van der Waals surface area contributed by atoms with Crippen LogP contribution in [0.4, 0.5) is 0 Å². The van der Waals surface area contributed by atoms with Gasteiger partial charge in [0.1, 0.15) is 6.61 Å². The van der Waals surface area contributed by atoms with E-state index in [0.29, 0.717) is 29.6 Å². The van der Waals surface area contributed by atoms with Crippen molar-refractivity contribution in [2.24, 2.45) is 56.7 Å². The van der Waals surface area contributed by atoms with E-state index in [2.05, 4.69) is 47.6 Å². The second-order valence-corrected chi connectivity index (χ2v) is 15.1. The molecule has 5 heteroatoms. The highest BCUT2D eigenvalue weighted by atomic mass is 16.5. The minimum absolute atomic E-state index is 0.0239. The number of carboxylic acids is 2. The van der Waals surface area contributed by atoms with Crippen molar-refractivity contribution in [2.45, 2.75) is 112 Å². The van der Waals surface area contributed by atoms with E-state index in [1.807, 2.05) is 6.92 Å². The Labute approximate surface area is 223 Å². The van der Waals surface area contributed by atoms with E-state index in [4.69, 9.17) is 4.74 Å². The molecule has 208 valence electrons. The molecule has 0 radical (unpaired) electrons. The fraction of sp³-hybridized carbons (Fsp3) is 0.875. The van der Waals surface area contributed by atoms with Gasteiger partial charge in [-0.05, 0) is 116 Å². The standard InChI is InChI=1S/C32H50O5/c1-19-10-13-28(3)16-17-30(5)21(26(28)20(19)2)8-9-22-29(4)14-12-24(37-18-25(33)34)32(7,27(35)36)23(29)11-15-31(22,30)6/h8,19-20,22-24,26H,9-18H2,1-7H3,(H,33,34)(H,35,36)/t19-,20+,22?,23?,24-,26?,28-,29-,30-,31-,32-/m1/s1. The Hall–Kier alpha value is -1.36. The van der Waals surface area contributed by atoms with Crippen LogP contribution in [0.1, 0.15) is 106 Å². The van der Waals surface area contributed by atoms with Gasteiger partial charge in [-0.15, -0.1) is 0 Å². The highest BCUT2D eigenvalue weighted by Gasteiger charge is 2.70. The highest BCUT2D eigenvalue weighted by Crippen LogP contribution is 2.75. The maximum atomic E-state index is 12.9. The summed E-state index contributed by atoms with van der Waals surface area (Å²) in [6, 6.07) is 0. The molecular formula is C32H50O5. The first-order chi connectivity index (χ1) is 17.1. The first-order valence-electron chi connectivity index (χ1n) is 14.9. The lowest BCUT2D eigenvalue weighted by Crippen LogP contribution is -2.66. The maximum absolute atomic E-state index is 12.9. The fourth-order valence-electron chi connectivity index (χ4n) is 11.2. The van der Waals surface area contributed by atoms with Gasteiger partial charge in [-0.3, -0.25) is 4.79 Å². The number of hydrogen-bond acceptors (Lipinski definition) is 3. The summed E-state index contributed by atoms with van der Waals surface area (Å²) in [5.41, 5.74) is 1.24. The van der Waals surface area contributed by atoms with Crippen molar-refractivity contribution in [1.29, 1.82) is 0 Å². The van der Waals surface area contributed by atoms with E-state index in [1.165, 1.54) is 25.7 Å². The number of hydrogen-bond donors (Lipinski definition) is 2. The Balaban J connectivity index is 1.54. The Bertz CT molecular complexity index is 1000. The van der Waals surface area contributed by atoms with Crippen LogP contribution in [0.3, 0.4) is 0 Å². The largest absolute Gasteiger partial charge is 0.481 e. The minimum Gasteiger partial charge on any atom is -0.481 e. The van der Waals surface area contributed by atoms with Gasteiger partial charge in [-0.1, -0.05) is 53.2 Å². The second-order valence-electron chi connectivity index (χ2n) is 15.1. The molecule has 5 aliphatic carbocycles. The fourth-order valence-corrected chi connectivity index (χ4v) is 11.2. The summed E-state index contributed by atoms with van der Waals surface area (Å²) in [7, 11) is 0. The quantitative estimate of drug-likeness (QED) is 0.388. The zero-order valence-electron chi connectivity index (χ0n) is 24.2. The molecular weight excluding hydrogens is 464 g/mol. The Morgan fingerprint density at radius 3 is 2.27 bits per heavy atom. The van der Waals surface area contributed by atoms with Gasteiger partial charge in [0.05, 0.1) is 11.5 Å². The molecule has 0 amide bonds. The van der Waals surface area contributed by atoms with E-state index < -0.39 is 30.1 Å². The number of allylic oxidation sites excluding steroid dienone is 2. The van der Waals surface area contributed by atoms with Crippen molar-refractivity contribution in [2.75, 3.05) is 6.61 Å². The third-order valence-electron chi connectivity index (χ3n) is 13.9. The smallest absolute Gasteiger partial charge is 0.329 e. The van der Waals surface area contributed by atoms with Gasteiger partial charge in [0.2, 0.25) is 0 Å². The van der Waals surface area contributed by atoms with Crippen LogP contribution < -0.4 is 0 Å². The summed E-state index contributed by atoms with van der Waals surface area (Å²) in [6.45, 7) is 16.4. The summed E-state index contributed by atoms with van der Waals surface area (Å²) in [5, 5.41) is 19.8. The molecule has 5 aliphatic rings. The number of carboxylic acid groups (broad SMARTS) is 2. The van der Waals surface area contributed by atoms with Crippen LogP contribution in [0.15, 0.2) is 11.6 Å². The van der Waals surface area contributed by atoms with Gasteiger partial charge >= 0.3 is 11.9 Å². The molecule has 3 unspecified atom stereocenters. The first kappa shape index (κ1) is 27.2. The highest BCUT2D eigenvalue weighted by molar-refractivity contribution is 5.76. The molecule has 5 nitrogen and oxygen atoms in total. The van der Waals surface area contributed by atoms with Gasteiger partial charge in [0, 0.05) is 0 Å². The molecule has 4 fully saturated rings. The topological polar surface area (TPSA) is 83.8 Å². The third-order valence-corrected chi connectivity index (χ3v) is 13.9. The predicted octanol–water partition coefficient (Wildman–Crippen LogP) is 7.20. The summed E-state index contributed by atoms with van der Waals surface area (Å²) >= 11 is 0. The van der Waals surface area contributed by atoms with Crippen molar-refractivity contribution in [3.8, 4) is 0 Å². The molecule has 0 bridgehead atoms. The van der Waals surface area contributed by atoms with Crippen LogP contribution in [-0.4, -0.2) is 34.9 Å². The lowest BCUT2D eigenvalue weighted by molar-refractivity contribution is -0.224. The third kappa shape index (κ3) is 3.50. The predicted molar refractivity (Wildman–Crippen MR) is 144 cm³/mol. The van der Waals surface area contributed by atoms with E-state index in [-0.39, 0.29) is 22.2 Å². The average Bonchev–Trinajstić information content (AvgIpc) is 2.82. The van der Waals surface area contributed by atoms with Gasteiger partial charge in [-0.2, -0.15) is 0 Å². The van der Waals surface area contributed by atoms with Gasteiger partial charge in [0.15, 0.2) is 0 Å². The Morgan fingerprint density at radius 2 is 1.62 bits per heavy atom. The van der Waals surface area contributed by atoms with Crippen molar-refractivity contribution < 1.29 is 24.5 Å². The molecule has 37 heavy (non-hydrogen) atoms. The molecule has 0 spiro atoms. The molecule has 2 N–H and O–H groups in total. The maximum Gasteiger partial charge on any atom is 0.329 e. The molecule has 0 aromatic carbocycles. The van der Waals surface area contributed by atoms with Crippen LogP contribution in [0, 0.1) is 56.7 Å². The average molecular weight is 515 g/mol. The van der Waals surface area contributed by atoms with E-state index in [1.54, 1.807) is 5.57 Å². The van der Waals surface area contributed by atoms with Crippen LogP contribution in [0.25, 0.3) is 0 Å². The van der Waals surface area contributed by atoms with Crippen molar-refractivity contribution >= 4 is 11.9 Å². The molecule has 4 saturated carbocycles. The van der Waals surface area contributed by atoms with Crippen LogP contribution in [-0.2, 0) is 14.3 Å². The Morgan fingerprint density at radius 1 is 0.919 bits per heavy atom. The zero-order chi connectivity index (χ0) is 27.2. The van der Waals surface area contributed by atoms with Gasteiger partial charge in [0.25, 0.3) is 0 Å². The molecule has 5 rings (SSSR count). The SMILES string of the molecule is C[C@@H]1CC[C@]2(C)CC[C@]3(C)C(=CCC4[C@@]5(C)CC[C@@H](OCC(=O)O)[C@](C)(C(=O)O)C5CC[C@]43C)C2[C@H]1C. The second kappa shape index (κ2) is 8.57. The zero-order valence-corrected chi connectivity index (χ0v) is 24.2. The normalized spacial score (nSPS) is 53.1. The molecule has 0 aliphatic heterocycles. The first-order valence-corrected chi connectivity index (χ1v) is 14.9. The molecule has 0 heterocycles. The number of aliphatic carboxylic acids is 2. The minimum atomic E-state index is -1.08. The van der Waals surface area contributed by atoms with Crippen molar-refractivity contribution in [3.05, 3.63) is 11.6 Å². The van der Waals surface area contributed by atoms with Crippen LogP contribution in [0.2, 0.25) is 0 Å². The van der Waals surface area contributed by atoms with Gasteiger partial charge in [-0.25, -0.2) is 4.79 Å². The molecule has 0 saturated heterocycles. The number of ether oxygens (including phenoxy) is 1.